The zero-order valence-electron chi connectivity index (χ0n) is 7.31. The van der Waals surface area contributed by atoms with E-state index in [0.717, 1.165) is 0 Å². The van der Waals surface area contributed by atoms with Gasteiger partial charge in [0.25, 0.3) is 0 Å². The van der Waals surface area contributed by atoms with Gasteiger partial charge in [0, 0.05) is 0 Å². The van der Waals surface area contributed by atoms with Crippen LogP contribution in [0.1, 0.15) is 26.3 Å². The van der Waals surface area contributed by atoms with Crippen molar-refractivity contribution in [3.8, 4) is 0 Å². The maximum Gasteiger partial charge on any atom is 1.00 e. The van der Waals surface area contributed by atoms with Crippen LogP contribution in [0.3, 0.4) is 0 Å². The topological polar surface area (TPSA) is 0 Å². The van der Waals surface area contributed by atoms with Gasteiger partial charge in [-0.2, -0.15) is 17.7 Å². The Hall–Kier alpha value is -0.0526. The average Bonchev–Trinajstić information content (AvgIpc) is 2.08. The fourth-order valence-electron chi connectivity index (χ4n) is 0.874. The molecular formula is C9H13Li. The minimum Gasteiger partial charge on any atom is -0.213 e. The minimum atomic E-state index is 0. The Balaban J connectivity index is 0.000000810. The summed E-state index contributed by atoms with van der Waals surface area (Å²) < 4.78 is 0. The van der Waals surface area contributed by atoms with E-state index in [4.69, 9.17) is 0 Å². The van der Waals surface area contributed by atoms with Gasteiger partial charge in [0.1, 0.15) is 0 Å². The van der Waals surface area contributed by atoms with Crippen LogP contribution < -0.4 is 18.9 Å². The number of hydrogen-bond acceptors (Lipinski definition) is 0. The van der Waals surface area contributed by atoms with E-state index < -0.39 is 0 Å². The van der Waals surface area contributed by atoms with E-state index in [2.05, 4.69) is 45.0 Å². The molecule has 0 radical (unpaired) electrons. The standard InChI is InChI=1S/C9H13.Li/c1-9(2,3)8-6-4-5-7-8;/h4-7H,1-3H3;/q-1;+1. The summed E-state index contributed by atoms with van der Waals surface area (Å²) in [5.41, 5.74) is 1.74. The van der Waals surface area contributed by atoms with Crippen LogP contribution in [0.25, 0.3) is 0 Å². The molecule has 0 heterocycles. The van der Waals surface area contributed by atoms with Gasteiger partial charge in [-0.3, -0.25) is 0 Å². The first-order valence-electron chi connectivity index (χ1n) is 3.33. The van der Waals surface area contributed by atoms with E-state index in [1.807, 2.05) is 0 Å². The monoisotopic (exact) mass is 128 g/mol. The summed E-state index contributed by atoms with van der Waals surface area (Å²) in [6, 6.07) is 8.50. The Morgan fingerprint density at radius 1 is 1.00 bits per heavy atom. The Morgan fingerprint density at radius 2 is 1.40 bits per heavy atom. The molecule has 0 fully saturated rings. The quantitative estimate of drug-likeness (QED) is 0.332. The first kappa shape index (κ1) is 9.95. The van der Waals surface area contributed by atoms with Crippen molar-refractivity contribution in [1.29, 1.82) is 0 Å². The first-order chi connectivity index (χ1) is 4.11. The van der Waals surface area contributed by atoms with Gasteiger partial charge in [-0.15, -0.1) is 0 Å². The predicted molar refractivity (Wildman–Crippen MR) is 40.7 cm³/mol. The van der Waals surface area contributed by atoms with Crippen molar-refractivity contribution in [3.63, 3.8) is 0 Å². The van der Waals surface area contributed by atoms with Crippen molar-refractivity contribution in [2.24, 2.45) is 0 Å². The van der Waals surface area contributed by atoms with E-state index in [9.17, 15) is 0 Å². The van der Waals surface area contributed by atoms with E-state index in [1.165, 1.54) is 5.56 Å². The molecule has 0 bridgehead atoms. The second-order valence-electron chi connectivity index (χ2n) is 3.42. The van der Waals surface area contributed by atoms with Gasteiger partial charge in [-0.05, 0) is 0 Å². The molecule has 0 unspecified atom stereocenters. The van der Waals surface area contributed by atoms with Crippen molar-refractivity contribution in [1.82, 2.24) is 0 Å². The van der Waals surface area contributed by atoms with Crippen LogP contribution in [-0.4, -0.2) is 0 Å². The molecule has 1 aromatic rings. The Labute approximate surface area is 75.2 Å². The van der Waals surface area contributed by atoms with Gasteiger partial charge < -0.3 is 0 Å². The maximum atomic E-state index is 2.22. The minimum absolute atomic E-state index is 0. The second kappa shape index (κ2) is 3.37. The molecule has 0 N–H and O–H groups in total. The van der Waals surface area contributed by atoms with E-state index in [-0.39, 0.29) is 18.9 Å². The molecule has 0 amide bonds. The van der Waals surface area contributed by atoms with Crippen LogP contribution in [-0.2, 0) is 5.41 Å². The number of rotatable bonds is 0. The molecule has 0 aromatic heterocycles. The molecular weight excluding hydrogens is 115 g/mol. The van der Waals surface area contributed by atoms with Gasteiger partial charge in [-0.1, -0.05) is 26.2 Å². The van der Waals surface area contributed by atoms with Crippen LogP contribution in [0.15, 0.2) is 24.3 Å². The van der Waals surface area contributed by atoms with Crippen LogP contribution in [0, 0.1) is 0 Å². The van der Waals surface area contributed by atoms with Gasteiger partial charge in [-0.25, -0.2) is 12.1 Å². The van der Waals surface area contributed by atoms with Crippen molar-refractivity contribution in [2.45, 2.75) is 26.2 Å². The van der Waals surface area contributed by atoms with Gasteiger partial charge in [0.15, 0.2) is 0 Å². The Bertz CT molecular complexity index is 167. The molecule has 10 heavy (non-hydrogen) atoms. The van der Waals surface area contributed by atoms with Crippen molar-refractivity contribution < 1.29 is 18.9 Å². The van der Waals surface area contributed by atoms with Crippen molar-refractivity contribution >= 4 is 0 Å². The third-order valence-corrected chi connectivity index (χ3v) is 1.53. The smallest absolute Gasteiger partial charge is 0.213 e. The third-order valence-electron chi connectivity index (χ3n) is 1.53. The predicted octanol–water partition coefficient (Wildman–Crippen LogP) is -0.293. The van der Waals surface area contributed by atoms with Crippen LogP contribution in [0.5, 0.6) is 0 Å². The Kier molecular flexibility index (Phi) is 3.35. The maximum absolute atomic E-state index is 2.22. The zero-order valence-corrected chi connectivity index (χ0v) is 7.31. The summed E-state index contributed by atoms with van der Waals surface area (Å²) in [5.74, 6) is 0. The van der Waals surface area contributed by atoms with E-state index in [1.54, 1.807) is 0 Å². The van der Waals surface area contributed by atoms with Crippen LogP contribution in [0.4, 0.5) is 0 Å². The molecule has 0 spiro atoms. The van der Waals surface area contributed by atoms with E-state index >= 15 is 0 Å². The Morgan fingerprint density at radius 3 is 1.60 bits per heavy atom. The molecule has 0 aliphatic heterocycles. The van der Waals surface area contributed by atoms with Gasteiger partial charge in [0.05, 0.1) is 0 Å². The first-order valence-corrected chi connectivity index (χ1v) is 3.33. The summed E-state index contributed by atoms with van der Waals surface area (Å²) in [4.78, 5) is 0. The summed E-state index contributed by atoms with van der Waals surface area (Å²) in [7, 11) is 0. The third kappa shape index (κ3) is 2.29. The molecule has 0 aliphatic rings. The molecule has 1 aromatic carbocycles. The second-order valence-corrected chi connectivity index (χ2v) is 3.42. The molecule has 0 atom stereocenters. The SMILES string of the molecule is CC(C)(C)[c-]1cccc1.[Li+]. The average molecular weight is 128 g/mol. The normalized spacial score (nSPS) is 10.7. The number of hydrogen-bond donors (Lipinski definition) is 0. The zero-order chi connectivity index (χ0) is 6.91. The fraction of sp³-hybridized carbons (Fsp3) is 0.444. The van der Waals surface area contributed by atoms with Crippen molar-refractivity contribution in [3.05, 3.63) is 29.8 Å². The molecule has 1 rings (SSSR count). The molecule has 0 aliphatic carbocycles. The largest absolute Gasteiger partial charge is 1.00 e. The summed E-state index contributed by atoms with van der Waals surface area (Å²) in [5, 5.41) is 0. The molecule has 50 valence electrons. The summed E-state index contributed by atoms with van der Waals surface area (Å²) in [6.45, 7) is 6.67. The fourth-order valence-corrected chi connectivity index (χ4v) is 0.874. The van der Waals surface area contributed by atoms with Crippen LogP contribution in [0.2, 0.25) is 0 Å². The van der Waals surface area contributed by atoms with Crippen LogP contribution >= 0.6 is 0 Å². The molecule has 0 nitrogen and oxygen atoms in total. The van der Waals surface area contributed by atoms with Gasteiger partial charge in [0.2, 0.25) is 0 Å². The van der Waals surface area contributed by atoms with Crippen molar-refractivity contribution in [2.75, 3.05) is 0 Å². The molecule has 0 saturated heterocycles. The van der Waals surface area contributed by atoms with Gasteiger partial charge >= 0.3 is 18.9 Å². The summed E-state index contributed by atoms with van der Waals surface area (Å²) >= 11 is 0. The molecule has 1 heteroatoms. The van der Waals surface area contributed by atoms with E-state index in [0.29, 0.717) is 5.41 Å². The summed E-state index contributed by atoms with van der Waals surface area (Å²) in [6.07, 6.45) is 0. The molecule has 0 saturated carbocycles.